The van der Waals surface area contributed by atoms with Gasteiger partial charge in [-0.1, -0.05) is 6.92 Å². The first-order valence-electron chi connectivity index (χ1n) is 6.98. The zero-order valence-electron chi connectivity index (χ0n) is 11.9. The molecule has 5 heteroatoms. The van der Waals surface area contributed by atoms with Crippen LogP contribution in [-0.2, 0) is 6.54 Å². The molecule has 0 radical (unpaired) electrons. The van der Waals surface area contributed by atoms with Crippen LogP contribution in [0.5, 0.6) is 0 Å². The standard InChI is InChI=1S/C14H22N4S/c1-4-11-8-18(14(2,3)10-15-11)9-12-7-17-5-6-19-13(17)16-12/h5-7,11,15H,4,8-10H2,1-3H3. The third-order valence-electron chi connectivity index (χ3n) is 4.11. The third kappa shape index (κ3) is 2.55. The number of aromatic nitrogens is 2. The second kappa shape index (κ2) is 4.89. The fourth-order valence-corrected chi connectivity index (χ4v) is 3.40. The van der Waals surface area contributed by atoms with Gasteiger partial charge in [0.05, 0.1) is 5.69 Å². The first-order chi connectivity index (χ1) is 9.08. The fraction of sp³-hybridized carbons (Fsp3) is 0.643. The van der Waals surface area contributed by atoms with E-state index in [1.54, 1.807) is 11.3 Å². The van der Waals surface area contributed by atoms with Crippen molar-refractivity contribution in [1.29, 1.82) is 0 Å². The van der Waals surface area contributed by atoms with E-state index in [2.05, 4.69) is 53.2 Å². The van der Waals surface area contributed by atoms with E-state index < -0.39 is 0 Å². The number of piperazine rings is 1. The van der Waals surface area contributed by atoms with Crippen molar-refractivity contribution >= 4 is 16.3 Å². The first kappa shape index (κ1) is 13.1. The number of hydrogen-bond donors (Lipinski definition) is 1. The molecule has 2 aromatic heterocycles. The topological polar surface area (TPSA) is 32.6 Å². The summed E-state index contributed by atoms with van der Waals surface area (Å²) in [7, 11) is 0. The Hall–Kier alpha value is -0.910. The lowest BCUT2D eigenvalue weighted by molar-refractivity contribution is 0.0567. The molecule has 3 rings (SSSR count). The first-order valence-corrected chi connectivity index (χ1v) is 7.86. The van der Waals surface area contributed by atoms with Crippen LogP contribution in [-0.4, -0.2) is 39.0 Å². The normalized spacial score (nSPS) is 24.1. The predicted octanol–water partition coefficient (Wildman–Crippen LogP) is 2.36. The SMILES string of the molecule is CCC1CN(Cc2cn3ccsc3n2)C(C)(C)CN1. The average molecular weight is 278 g/mol. The van der Waals surface area contributed by atoms with Crippen molar-refractivity contribution in [3.05, 3.63) is 23.5 Å². The zero-order chi connectivity index (χ0) is 13.5. The van der Waals surface area contributed by atoms with E-state index >= 15 is 0 Å². The molecule has 0 aliphatic carbocycles. The van der Waals surface area contributed by atoms with Gasteiger partial charge in [0.15, 0.2) is 4.96 Å². The van der Waals surface area contributed by atoms with Gasteiger partial charge in [-0.05, 0) is 20.3 Å². The minimum absolute atomic E-state index is 0.197. The molecule has 1 aliphatic heterocycles. The van der Waals surface area contributed by atoms with Crippen molar-refractivity contribution in [2.45, 2.75) is 45.3 Å². The number of nitrogens with zero attached hydrogens (tertiary/aromatic N) is 3. The summed E-state index contributed by atoms with van der Waals surface area (Å²) >= 11 is 1.70. The Labute approximate surface area is 118 Å². The van der Waals surface area contributed by atoms with E-state index in [4.69, 9.17) is 4.98 Å². The Morgan fingerprint density at radius 1 is 1.53 bits per heavy atom. The lowest BCUT2D eigenvalue weighted by Crippen LogP contribution is -2.61. The van der Waals surface area contributed by atoms with Gasteiger partial charge in [-0.2, -0.15) is 0 Å². The highest BCUT2D eigenvalue weighted by molar-refractivity contribution is 7.15. The van der Waals surface area contributed by atoms with Crippen molar-refractivity contribution < 1.29 is 0 Å². The summed E-state index contributed by atoms with van der Waals surface area (Å²) in [6.07, 6.45) is 5.42. The molecule has 2 aromatic rings. The summed E-state index contributed by atoms with van der Waals surface area (Å²) in [6, 6.07) is 0.608. The summed E-state index contributed by atoms with van der Waals surface area (Å²) in [4.78, 5) is 8.35. The molecule has 1 aliphatic rings. The molecule has 1 saturated heterocycles. The second-order valence-corrected chi connectivity index (χ2v) is 6.88. The van der Waals surface area contributed by atoms with Crippen molar-refractivity contribution in [3.8, 4) is 0 Å². The van der Waals surface area contributed by atoms with Crippen LogP contribution >= 0.6 is 11.3 Å². The largest absolute Gasteiger partial charge is 0.311 e. The fourth-order valence-electron chi connectivity index (χ4n) is 2.68. The molecule has 0 saturated carbocycles. The summed E-state index contributed by atoms with van der Waals surface area (Å²) in [5.41, 5.74) is 1.37. The second-order valence-electron chi connectivity index (χ2n) is 6.00. The molecule has 1 N–H and O–H groups in total. The Morgan fingerprint density at radius 2 is 2.37 bits per heavy atom. The van der Waals surface area contributed by atoms with Gasteiger partial charge in [0.25, 0.3) is 0 Å². The molecule has 0 amide bonds. The molecule has 4 nitrogen and oxygen atoms in total. The number of imidazole rings is 1. The van der Waals surface area contributed by atoms with Gasteiger partial charge in [-0.3, -0.25) is 9.30 Å². The summed E-state index contributed by atoms with van der Waals surface area (Å²) < 4.78 is 2.12. The third-order valence-corrected chi connectivity index (χ3v) is 4.88. The van der Waals surface area contributed by atoms with Crippen molar-refractivity contribution in [2.24, 2.45) is 0 Å². The van der Waals surface area contributed by atoms with E-state index in [0.29, 0.717) is 6.04 Å². The van der Waals surface area contributed by atoms with E-state index in [1.807, 2.05) is 0 Å². The number of hydrogen-bond acceptors (Lipinski definition) is 4. The molecule has 19 heavy (non-hydrogen) atoms. The maximum absolute atomic E-state index is 4.70. The Morgan fingerprint density at radius 3 is 3.11 bits per heavy atom. The van der Waals surface area contributed by atoms with Gasteiger partial charge < -0.3 is 5.32 Å². The van der Waals surface area contributed by atoms with E-state index in [9.17, 15) is 0 Å². The Kier molecular flexibility index (Phi) is 3.37. The maximum atomic E-state index is 4.70. The number of fused-ring (bicyclic) bond motifs is 1. The van der Waals surface area contributed by atoms with Gasteiger partial charge in [0.2, 0.25) is 0 Å². The maximum Gasteiger partial charge on any atom is 0.193 e. The monoisotopic (exact) mass is 278 g/mol. The van der Waals surface area contributed by atoms with Crippen LogP contribution in [0.1, 0.15) is 32.9 Å². The molecule has 3 heterocycles. The number of rotatable bonds is 3. The van der Waals surface area contributed by atoms with Gasteiger partial charge in [-0.15, -0.1) is 11.3 Å². The highest BCUT2D eigenvalue weighted by atomic mass is 32.1. The van der Waals surface area contributed by atoms with Crippen LogP contribution in [0.2, 0.25) is 0 Å². The van der Waals surface area contributed by atoms with Crippen LogP contribution < -0.4 is 5.32 Å². The number of thiazole rings is 1. The molecule has 0 bridgehead atoms. The summed E-state index contributed by atoms with van der Waals surface area (Å²) in [5, 5.41) is 5.71. The van der Waals surface area contributed by atoms with E-state index in [-0.39, 0.29) is 5.54 Å². The van der Waals surface area contributed by atoms with Gasteiger partial charge in [0, 0.05) is 49.0 Å². The quantitative estimate of drug-likeness (QED) is 0.935. The van der Waals surface area contributed by atoms with Crippen LogP contribution in [0, 0.1) is 0 Å². The van der Waals surface area contributed by atoms with E-state index in [0.717, 1.165) is 24.6 Å². The smallest absolute Gasteiger partial charge is 0.193 e. The van der Waals surface area contributed by atoms with Crippen molar-refractivity contribution in [2.75, 3.05) is 13.1 Å². The minimum Gasteiger partial charge on any atom is -0.311 e. The molecular weight excluding hydrogens is 256 g/mol. The van der Waals surface area contributed by atoms with E-state index in [1.165, 1.54) is 12.1 Å². The average Bonchev–Trinajstić information content (AvgIpc) is 2.92. The summed E-state index contributed by atoms with van der Waals surface area (Å²) in [6.45, 7) is 9.97. The lowest BCUT2D eigenvalue weighted by atomic mass is 9.96. The van der Waals surface area contributed by atoms with Crippen LogP contribution in [0.4, 0.5) is 0 Å². The lowest BCUT2D eigenvalue weighted by Gasteiger charge is -2.45. The molecule has 1 atom stereocenters. The highest BCUT2D eigenvalue weighted by Gasteiger charge is 2.33. The minimum atomic E-state index is 0.197. The predicted molar refractivity (Wildman–Crippen MR) is 79.6 cm³/mol. The highest BCUT2D eigenvalue weighted by Crippen LogP contribution is 2.22. The van der Waals surface area contributed by atoms with Crippen molar-refractivity contribution in [1.82, 2.24) is 19.6 Å². The molecule has 0 spiro atoms. The van der Waals surface area contributed by atoms with Crippen LogP contribution in [0.3, 0.4) is 0 Å². The van der Waals surface area contributed by atoms with Crippen molar-refractivity contribution in [3.63, 3.8) is 0 Å². The Balaban J connectivity index is 1.77. The van der Waals surface area contributed by atoms with Gasteiger partial charge >= 0.3 is 0 Å². The molecule has 1 unspecified atom stereocenters. The molecule has 104 valence electrons. The van der Waals surface area contributed by atoms with Gasteiger partial charge in [0.1, 0.15) is 0 Å². The van der Waals surface area contributed by atoms with Crippen LogP contribution in [0.15, 0.2) is 17.8 Å². The Bertz CT molecular complexity index is 528. The number of nitrogens with one attached hydrogen (secondary N) is 1. The van der Waals surface area contributed by atoms with Gasteiger partial charge in [-0.25, -0.2) is 4.98 Å². The molecule has 1 fully saturated rings. The molecule has 0 aromatic carbocycles. The summed E-state index contributed by atoms with van der Waals surface area (Å²) in [5.74, 6) is 0. The van der Waals surface area contributed by atoms with Crippen LogP contribution in [0.25, 0.3) is 4.96 Å². The molecular formula is C14H22N4S. The zero-order valence-corrected chi connectivity index (χ0v) is 12.7.